The maximum absolute atomic E-state index is 10.7. The number of rotatable bonds is 5. The van der Waals surface area contributed by atoms with Crippen LogP contribution in [0.3, 0.4) is 0 Å². The predicted octanol–water partition coefficient (Wildman–Crippen LogP) is 2.30. The Balaban J connectivity index is 2.10. The second-order valence-corrected chi connectivity index (χ2v) is 4.73. The van der Waals surface area contributed by atoms with Crippen LogP contribution in [0, 0.1) is 6.92 Å². The summed E-state index contributed by atoms with van der Waals surface area (Å²) in [7, 11) is 1.62. The van der Waals surface area contributed by atoms with Gasteiger partial charge in [0.1, 0.15) is 0 Å². The molecule has 1 aliphatic carbocycles. The standard InChI is InChI=1S/C15H19N2O3/c1-11(18)17-16-10-12-7-8-14(19-2)15(9-12)20-13-5-3-4-6-13/h7-10,13H,1,3-6H2,2H3,(H,17,18)/b16-10+. The van der Waals surface area contributed by atoms with Crippen molar-refractivity contribution in [2.24, 2.45) is 5.10 Å². The highest BCUT2D eigenvalue weighted by Gasteiger charge is 2.18. The van der Waals surface area contributed by atoms with Crippen molar-refractivity contribution in [3.05, 3.63) is 30.7 Å². The van der Waals surface area contributed by atoms with Crippen molar-refractivity contribution in [1.82, 2.24) is 5.43 Å². The van der Waals surface area contributed by atoms with Gasteiger partial charge in [-0.3, -0.25) is 4.79 Å². The van der Waals surface area contributed by atoms with Crippen LogP contribution in [0.15, 0.2) is 23.3 Å². The van der Waals surface area contributed by atoms with Crippen LogP contribution >= 0.6 is 0 Å². The number of amides is 1. The van der Waals surface area contributed by atoms with Crippen molar-refractivity contribution >= 4 is 12.1 Å². The lowest BCUT2D eigenvalue weighted by Gasteiger charge is -2.16. The largest absolute Gasteiger partial charge is 0.493 e. The summed E-state index contributed by atoms with van der Waals surface area (Å²) in [6.07, 6.45) is 6.39. The van der Waals surface area contributed by atoms with Crippen LogP contribution in [0.2, 0.25) is 0 Å². The molecule has 0 heterocycles. The zero-order chi connectivity index (χ0) is 14.4. The highest BCUT2D eigenvalue weighted by molar-refractivity contribution is 5.84. The minimum absolute atomic E-state index is 0.260. The van der Waals surface area contributed by atoms with Gasteiger partial charge in [0.15, 0.2) is 11.5 Å². The van der Waals surface area contributed by atoms with E-state index < -0.39 is 5.91 Å². The fraction of sp³-hybridized carbons (Fsp3) is 0.400. The molecule has 1 fully saturated rings. The van der Waals surface area contributed by atoms with Gasteiger partial charge in [-0.2, -0.15) is 5.10 Å². The lowest BCUT2D eigenvalue weighted by Crippen LogP contribution is -2.13. The number of nitrogens with zero attached hydrogens (tertiary/aromatic N) is 1. The first-order chi connectivity index (χ1) is 9.69. The highest BCUT2D eigenvalue weighted by atomic mass is 16.5. The Morgan fingerprint density at radius 2 is 2.15 bits per heavy atom. The number of carbonyl (C=O) groups is 1. The first-order valence-electron chi connectivity index (χ1n) is 6.68. The van der Waals surface area contributed by atoms with Crippen molar-refractivity contribution in [2.75, 3.05) is 7.11 Å². The average Bonchev–Trinajstić information content (AvgIpc) is 2.91. The third-order valence-corrected chi connectivity index (χ3v) is 3.19. The van der Waals surface area contributed by atoms with Crippen LogP contribution in [-0.2, 0) is 4.79 Å². The average molecular weight is 275 g/mol. The molecule has 0 atom stereocenters. The van der Waals surface area contributed by atoms with Gasteiger partial charge in [0.25, 0.3) is 0 Å². The number of carbonyl (C=O) groups excluding carboxylic acids is 1. The summed E-state index contributed by atoms with van der Waals surface area (Å²) in [4.78, 5) is 10.7. The third-order valence-electron chi connectivity index (χ3n) is 3.19. The van der Waals surface area contributed by atoms with Crippen molar-refractivity contribution < 1.29 is 14.3 Å². The Hall–Kier alpha value is -2.04. The van der Waals surface area contributed by atoms with Gasteiger partial charge in [0.2, 0.25) is 5.91 Å². The fourth-order valence-electron chi connectivity index (χ4n) is 2.23. The monoisotopic (exact) mass is 275 g/mol. The smallest absolute Gasteiger partial charge is 0.240 e. The topological polar surface area (TPSA) is 59.9 Å². The molecule has 1 aromatic carbocycles. The van der Waals surface area contributed by atoms with Crippen LogP contribution in [-0.4, -0.2) is 25.3 Å². The van der Waals surface area contributed by atoms with E-state index in [1.165, 1.54) is 12.8 Å². The molecule has 1 aromatic rings. The molecule has 107 valence electrons. The van der Waals surface area contributed by atoms with Crippen molar-refractivity contribution in [3.63, 3.8) is 0 Å². The third kappa shape index (κ3) is 3.98. The number of methoxy groups -OCH3 is 1. The fourth-order valence-corrected chi connectivity index (χ4v) is 2.23. The number of hydrogen-bond acceptors (Lipinski definition) is 4. The summed E-state index contributed by atoms with van der Waals surface area (Å²) in [5, 5.41) is 3.79. The molecule has 0 aromatic heterocycles. The zero-order valence-corrected chi connectivity index (χ0v) is 11.6. The molecule has 0 saturated heterocycles. The maximum atomic E-state index is 10.7. The Labute approximate surface area is 119 Å². The van der Waals surface area contributed by atoms with Gasteiger partial charge in [-0.25, -0.2) is 5.43 Å². The van der Waals surface area contributed by atoms with Crippen LogP contribution in [0.4, 0.5) is 0 Å². The Morgan fingerprint density at radius 1 is 1.40 bits per heavy atom. The summed E-state index contributed by atoms with van der Waals surface area (Å²) in [6.45, 7) is 3.17. The SMILES string of the molecule is [CH2]C(=O)N/N=C/c1ccc(OC)c(OC2CCCC2)c1. The van der Waals surface area contributed by atoms with E-state index in [1.54, 1.807) is 13.3 Å². The predicted molar refractivity (Wildman–Crippen MR) is 77.0 cm³/mol. The Morgan fingerprint density at radius 3 is 2.80 bits per heavy atom. The molecule has 20 heavy (non-hydrogen) atoms. The number of ether oxygens (including phenoxy) is 2. The zero-order valence-electron chi connectivity index (χ0n) is 11.6. The number of hydrogen-bond donors (Lipinski definition) is 1. The number of nitrogens with one attached hydrogen (secondary N) is 1. The summed E-state index contributed by atoms with van der Waals surface area (Å²) in [5.41, 5.74) is 3.09. The van der Waals surface area contributed by atoms with Gasteiger partial charge in [-0.15, -0.1) is 0 Å². The second kappa shape index (κ2) is 6.93. The van der Waals surface area contributed by atoms with Gasteiger partial charge in [0, 0.05) is 6.92 Å². The minimum atomic E-state index is -0.447. The molecule has 1 saturated carbocycles. The molecule has 0 unspecified atom stereocenters. The first kappa shape index (κ1) is 14.4. The molecule has 1 N–H and O–H groups in total. The molecule has 1 amide bonds. The maximum Gasteiger partial charge on any atom is 0.240 e. The van der Waals surface area contributed by atoms with Crippen molar-refractivity contribution in [1.29, 1.82) is 0 Å². The van der Waals surface area contributed by atoms with E-state index in [-0.39, 0.29) is 6.10 Å². The van der Waals surface area contributed by atoms with Crippen molar-refractivity contribution in [3.8, 4) is 11.5 Å². The van der Waals surface area contributed by atoms with Crippen LogP contribution in [0.5, 0.6) is 11.5 Å². The van der Waals surface area contributed by atoms with Gasteiger partial charge in [-0.1, -0.05) is 0 Å². The molecule has 2 rings (SSSR count). The lowest BCUT2D eigenvalue weighted by atomic mass is 10.2. The summed E-state index contributed by atoms with van der Waals surface area (Å²) in [6, 6.07) is 5.53. The number of hydrazone groups is 1. The molecule has 5 heteroatoms. The molecule has 5 nitrogen and oxygen atoms in total. The van der Waals surface area contributed by atoms with E-state index in [1.807, 2.05) is 18.2 Å². The van der Waals surface area contributed by atoms with Crippen LogP contribution < -0.4 is 14.9 Å². The van der Waals surface area contributed by atoms with E-state index >= 15 is 0 Å². The summed E-state index contributed by atoms with van der Waals surface area (Å²) < 4.78 is 11.3. The Bertz CT molecular complexity index is 494. The van der Waals surface area contributed by atoms with Gasteiger partial charge in [0.05, 0.1) is 19.4 Å². The van der Waals surface area contributed by atoms with Crippen molar-refractivity contribution in [2.45, 2.75) is 31.8 Å². The van der Waals surface area contributed by atoms with E-state index in [2.05, 4.69) is 17.5 Å². The van der Waals surface area contributed by atoms with Gasteiger partial charge in [-0.05, 0) is 49.4 Å². The van der Waals surface area contributed by atoms with Crippen LogP contribution in [0.25, 0.3) is 0 Å². The minimum Gasteiger partial charge on any atom is -0.493 e. The van der Waals surface area contributed by atoms with Gasteiger partial charge < -0.3 is 9.47 Å². The summed E-state index contributed by atoms with van der Waals surface area (Å²) in [5.74, 6) is 0.969. The molecule has 0 spiro atoms. The van der Waals surface area contributed by atoms with E-state index in [0.717, 1.165) is 18.4 Å². The quantitative estimate of drug-likeness (QED) is 0.662. The molecule has 1 radical (unpaired) electrons. The molecular weight excluding hydrogens is 256 g/mol. The normalized spacial score (nSPS) is 15.5. The number of benzene rings is 1. The van der Waals surface area contributed by atoms with E-state index in [4.69, 9.17) is 9.47 Å². The lowest BCUT2D eigenvalue weighted by molar-refractivity contribution is -0.116. The Kier molecular flexibility index (Phi) is 4.98. The van der Waals surface area contributed by atoms with Crippen LogP contribution in [0.1, 0.15) is 31.2 Å². The second-order valence-electron chi connectivity index (χ2n) is 4.73. The molecule has 1 aliphatic rings. The molecular formula is C15H19N2O3. The summed E-state index contributed by atoms with van der Waals surface area (Å²) >= 11 is 0. The molecule has 0 aliphatic heterocycles. The molecule has 0 bridgehead atoms. The van der Waals surface area contributed by atoms with Gasteiger partial charge >= 0.3 is 0 Å². The van der Waals surface area contributed by atoms with E-state index in [9.17, 15) is 4.79 Å². The van der Waals surface area contributed by atoms with E-state index in [0.29, 0.717) is 11.5 Å². The first-order valence-corrected chi connectivity index (χ1v) is 6.68. The highest BCUT2D eigenvalue weighted by Crippen LogP contribution is 2.32.